The smallest absolute Gasteiger partial charge is 0.344 e. The van der Waals surface area contributed by atoms with Gasteiger partial charge in [0.05, 0.1) is 30.4 Å². The monoisotopic (exact) mass is 376 g/mol. The van der Waals surface area contributed by atoms with Crippen LogP contribution in [0.5, 0.6) is 5.75 Å². The number of fused-ring (bicyclic) bond motifs is 2. The van der Waals surface area contributed by atoms with Crippen LogP contribution in [0.1, 0.15) is 23.7 Å². The maximum atomic E-state index is 12.7. The van der Waals surface area contributed by atoms with Crippen LogP contribution < -0.4 is 10.5 Å². The molecule has 2 aromatic carbocycles. The number of benzene rings is 2. The average Bonchev–Trinajstić information content (AvgIpc) is 3.01. The summed E-state index contributed by atoms with van der Waals surface area (Å²) in [5.41, 5.74) is 9.67. The van der Waals surface area contributed by atoms with Crippen molar-refractivity contribution < 1.29 is 14.3 Å². The summed E-state index contributed by atoms with van der Waals surface area (Å²) in [5.74, 6) is 0.401. The summed E-state index contributed by atoms with van der Waals surface area (Å²) in [4.78, 5) is 22.1. The normalized spacial score (nSPS) is 11.1. The van der Waals surface area contributed by atoms with Crippen LogP contribution in [0.2, 0.25) is 0 Å². The van der Waals surface area contributed by atoms with E-state index in [0.717, 1.165) is 12.1 Å². The van der Waals surface area contributed by atoms with E-state index in [1.807, 2.05) is 55.5 Å². The maximum Gasteiger partial charge on any atom is 0.344 e. The van der Waals surface area contributed by atoms with Crippen molar-refractivity contribution in [1.29, 1.82) is 0 Å². The third kappa shape index (κ3) is 2.90. The second-order valence-corrected chi connectivity index (χ2v) is 6.32. The van der Waals surface area contributed by atoms with Crippen LogP contribution in [0, 0.1) is 0 Å². The fourth-order valence-electron chi connectivity index (χ4n) is 3.14. The number of carbonyl (C=O) groups excluding carboxylic acids is 1. The molecule has 0 amide bonds. The SMILES string of the molecule is CCCOC(=O)c1c(N)n(-c2cccc(OC)c2)c2nc3ccccc3nc12. The molecule has 0 aliphatic heterocycles. The Kier molecular flexibility index (Phi) is 4.57. The number of hydrogen-bond donors (Lipinski definition) is 1. The molecule has 0 unspecified atom stereocenters. The first-order valence-electron chi connectivity index (χ1n) is 9.02. The summed E-state index contributed by atoms with van der Waals surface area (Å²) in [6.07, 6.45) is 0.717. The van der Waals surface area contributed by atoms with Gasteiger partial charge >= 0.3 is 5.97 Å². The highest BCUT2D eigenvalue weighted by atomic mass is 16.5. The topological polar surface area (TPSA) is 92.3 Å². The van der Waals surface area contributed by atoms with E-state index in [1.54, 1.807) is 11.7 Å². The molecular weight excluding hydrogens is 356 g/mol. The van der Waals surface area contributed by atoms with Crippen LogP contribution in [0.3, 0.4) is 0 Å². The first-order valence-corrected chi connectivity index (χ1v) is 9.02. The molecule has 0 radical (unpaired) electrons. The Hall–Kier alpha value is -3.61. The van der Waals surface area contributed by atoms with E-state index >= 15 is 0 Å². The third-order valence-electron chi connectivity index (χ3n) is 4.45. The second-order valence-electron chi connectivity index (χ2n) is 6.32. The Balaban J connectivity index is 2.04. The standard InChI is InChI=1S/C21H20N4O3/c1-3-11-28-21(26)17-18-20(24-16-10-5-4-9-15(16)23-18)25(19(17)22)13-7-6-8-14(12-13)27-2/h4-10,12H,3,11,22H2,1-2H3. The number of rotatable bonds is 5. The summed E-state index contributed by atoms with van der Waals surface area (Å²) >= 11 is 0. The van der Waals surface area contributed by atoms with Gasteiger partial charge in [0.1, 0.15) is 22.6 Å². The lowest BCUT2D eigenvalue weighted by Gasteiger charge is -2.09. The molecule has 142 valence electrons. The van der Waals surface area contributed by atoms with Gasteiger partial charge in [-0.1, -0.05) is 25.1 Å². The molecule has 7 nitrogen and oxygen atoms in total. The number of anilines is 1. The predicted octanol–water partition coefficient (Wildman–Crippen LogP) is 3.73. The molecule has 4 aromatic rings. The van der Waals surface area contributed by atoms with E-state index in [2.05, 4.69) is 4.98 Å². The molecule has 4 rings (SSSR count). The number of nitrogen functional groups attached to an aromatic ring is 1. The molecule has 7 heteroatoms. The highest BCUT2D eigenvalue weighted by molar-refractivity contribution is 6.09. The molecule has 2 N–H and O–H groups in total. The molecular formula is C21H20N4O3. The van der Waals surface area contributed by atoms with Crippen molar-refractivity contribution in [3.63, 3.8) is 0 Å². The van der Waals surface area contributed by atoms with Crippen molar-refractivity contribution >= 4 is 34.0 Å². The summed E-state index contributed by atoms with van der Waals surface area (Å²) in [7, 11) is 1.59. The van der Waals surface area contributed by atoms with Crippen LogP contribution in [0.4, 0.5) is 5.82 Å². The fraction of sp³-hybridized carbons (Fsp3) is 0.190. The molecule has 0 aliphatic carbocycles. The Morgan fingerprint density at radius 3 is 2.57 bits per heavy atom. The minimum absolute atomic E-state index is 0.226. The molecule has 28 heavy (non-hydrogen) atoms. The minimum Gasteiger partial charge on any atom is -0.497 e. The number of methoxy groups -OCH3 is 1. The van der Waals surface area contributed by atoms with Crippen LogP contribution in [-0.2, 0) is 4.74 Å². The summed E-state index contributed by atoms with van der Waals surface area (Å²) in [6, 6.07) is 14.9. The number of carbonyl (C=O) groups is 1. The van der Waals surface area contributed by atoms with Gasteiger partial charge in [0, 0.05) is 6.07 Å². The number of ether oxygens (including phenoxy) is 2. The number of hydrogen-bond acceptors (Lipinski definition) is 6. The van der Waals surface area contributed by atoms with E-state index in [0.29, 0.717) is 34.6 Å². The lowest BCUT2D eigenvalue weighted by Crippen LogP contribution is -2.10. The molecule has 0 saturated heterocycles. The van der Waals surface area contributed by atoms with Crippen LogP contribution in [0.15, 0.2) is 48.5 Å². The fourth-order valence-corrected chi connectivity index (χ4v) is 3.14. The van der Waals surface area contributed by atoms with Gasteiger partial charge in [-0.3, -0.25) is 4.57 Å². The third-order valence-corrected chi connectivity index (χ3v) is 4.45. The lowest BCUT2D eigenvalue weighted by atomic mass is 10.2. The van der Waals surface area contributed by atoms with Gasteiger partial charge in [-0.25, -0.2) is 14.8 Å². The van der Waals surface area contributed by atoms with E-state index in [9.17, 15) is 4.79 Å². The number of nitrogens with zero attached hydrogens (tertiary/aromatic N) is 3. The Bertz CT molecular complexity index is 1180. The van der Waals surface area contributed by atoms with Crippen LogP contribution >= 0.6 is 0 Å². The van der Waals surface area contributed by atoms with Crippen LogP contribution in [0.25, 0.3) is 27.9 Å². The Morgan fingerprint density at radius 2 is 1.86 bits per heavy atom. The van der Waals surface area contributed by atoms with Gasteiger partial charge in [-0.2, -0.15) is 0 Å². The second kappa shape index (κ2) is 7.19. The first kappa shape index (κ1) is 17.8. The summed E-state index contributed by atoms with van der Waals surface area (Å²) in [6.45, 7) is 2.24. The highest BCUT2D eigenvalue weighted by Crippen LogP contribution is 2.32. The largest absolute Gasteiger partial charge is 0.497 e. The number of esters is 1. The molecule has 0 bridgehead atoms. The van der Waals surface area contributed by atoms with Crippen molar-refractivity contribution in [2.24, 2.45) is 0 Å². The van der Waals surface area contributed by atoms with E-state index < -0.39 is 5.97 Å². The molecule has 2 aromatic heterocycles. The minimum atomic E-state index is -0.504. The lowest BCUT2D eigenvalue weighted by molar-refractivity contribution is 0.0508. The number of nitrogens with two attached hydrogens (primary N) is 1. The van der Waals surface area contributed by atoms with E-state index in [-0.39, 0.29) is 11.4 Å². The molecule has 0 aliphatic rings. The van der Waals surface area contributed by atoms with Gasteiger partial charge < -0.3 is 15.2 Å². The van der Waals surface area contributed by atoms with E-state index in [4.69, 9.17) is 20.2 Å². The van der Waals surface area contributed by atoms with Gasteiger partial charge in [-0.15, -0.1) is 0 Å². The van der Waals surface area contributed by atoms with Crippen molar-refractivity contribution in [2.75, 3.05) is 19.5 Å². The molecule has 0 fully saturated rings. The van der Waals surface area contributed by atoms with Crippen molar-refractivity contribution in [3.8, 4) is 11.4 Å². The number of aromatic nitrogens is 3. The van der Waals surface area contributed by atoms with Crippen molar-refractivity contribution in [2.45, 2.75) is 13.3 Å². The molecule has 2 heterocycles. The van der Waals surface area contributed by atoms with Crippen molar-refractivity contribution in [3.05, 3.63) is 54.1 Å². The van der Waals surface area contributed by atoms with Gasteiger partial charge in [0.2, 0.25) is 0 Å². The Morgan fingerprint density at radius 1 is 1.11 bits per heavy atom. The Labute approximate surface area is 161 Å². The molecule has 0 saturated carbocycles. The highest BCUT2D eigenvalue weighted by Gasteiger charge is 2.26. The maximum absolute atomic E-state index is 12.7. The summed E-state index contributed by atoms with van der Waals surface area (Å²) in [5, 5.41) is 0. The first-order chi connectivity index (χ1) is 13.6. The number of para-hydroxylation sites is 2. The van der Waals surface area contributed by atoms with E-state index in [1.165, 1.54) is 0 Å². The molecule has 0 atom stereocenters. The zero-order valence-electron chi connectivity index (χ0n) is 15.7. The quantitative estimate of drug-likeness (QED) is 0.534. The van der Waals surface area contributed by atoms with Gasteiger partial charge in [0.25, 0.3) is 0 Å². The zero-order chi connectivity index (χ0) is 19.7. The predicted molar refractivity (Wildman–Crippen MR) is 108 cm³/mol. The zero-order valence-corrected chi connectivity index (χ0v) is 15.7. The van der Waals surface area contributed by atoms with Gasteiger partial charge in [-0.05, 0) is 30.7 Å². The average molecular weight is 376 g/mol. The summed E-state index contributed by atoms with van der Waals surface area (Å²) < 4.78 is 12.4. The van der Waals surface area contributed by atoms with Crippen molar-refractivity contribution in [1.82, 2.24) is 14.5 Å². The van der Waals surface area contributed by atoms with Gasteiger partial charge in [0.15, 0.2) is 5.65 Å². The van der Waals surface area contributed by atoms with Crippen LogP contribution in [-0.4, -0.2) is 34.2 Å². The molecule has 0 spiro atoms.